The Hall–Kier alpha value is -1.10. The number of unbranched alkanes of at least 4 members (excludes halogenated alkanes) is 10. The number of aliphatic carboxylic acids is 1. The number of hydrogen-bond donors (Lipinski definition) is 2. The van der Waals surface area contributed by atoms with Crippen LogP contribution >= 0.6 is 0 Å². The van der Waals surface area contributed by atoms with Crippen LogP contribution in [0.15, 0.2) is 0 Å². The van der Waals surface area contributed by atoms with Gasteiger partial charge in [0.15, 0.2) is 0 Å². The first-order chi connectivity index (χ1) is 15.1. The molecule has 1 aliphatic heterocycles. The Morgan fingerprint density at radius 3 is 1.48 bits per heavy atom. The van der Waals surface area contributed by atoms with Crippen molar-refractivity contribution >= 4 is 11.9 Å². The van der Waals surface area contributed by atoms with Crippen LogP contribution in [0.4, 0.5) is 0 Å². The van der Waals surface area contributed by atoms with Crippen LogP contribution in [0.5, 0.6) is 0 Å². The van der Waals surface area contributed by atoms with Crippen molar-refractivity contribution in [1.29, 1.82) is 0 Å². The van der Waals surface area contributed by atoms with Crippen molar-refractivity contribution in [2.45, 2.75) is 132 Å². The van der Waals surface area contributed by atoms with E-state index in [1.807, 2.05) is 27.7 Å². The maximum atomic E-state index is 11.6. The van der Waals surface area contributed by atoms with Gasteiger partial charge in [0.05, 0.1) is 5.92 Å². The lowest BCUT2D eigenvalue weighted by molar-refractivity contribution is -0.141. The van der Waals surface area contributed by atoms with Crippen LogP contribution in [-0.2, 0) is 9.59 Å². The van der Waals surface area contributed by atoms with E-state index in [2.05, 4.69) is 20.8 Å². The number of aliphatic hydroxyl groups excluding tert-OH is 1. The van der Waals surface area contributed by atoms with Gasteiger partial charge >= 0.3 is 5.97 Å². The Morgan fingerprint density at radius 2 is 1.13 bits per heavy atom. The number of rotatable bonds is 13. The molecule has 1 unspecified atom stereocenters. The highest BCUT2D eigenvalue weighted by Gasteiger charge is 2.33. The summed E-state index contributed by atoms with van der Waals surface area (Å²) in [5.74, 6) is -1.32. The summed E-state index contributed by atoms with van der Waals surface area (Å²) in [5.41, 5.74) is 0. The molecule has 0 aliphatic carbocycles. The molecule has 1 atom stereocenters. The molecule has 5 nitrogen and oxygen atoms in total. The minimum atomic E-state index is -0.841. The average molecular weight is 448 g/mol. The van der Waals surface area contributed by atoms with E-state index in [9.17, 15) is 9.59 Å². The van der Waals surface area contributed by atoms with Gasteiger partial charge in [-0.15, -0.1) is 0 Å². The van der Waals surface area contributed by atoms with Gasteiger partial charge in [0.25, 0.3) is 0 Å². The summed E-state index contributed by atoms with van der Waals surface area (Å²) < 4.78 is 0. The molecule has 1 heterocycles. The van der Waals surface area contributed by atoms with Crippen molar-refractivity contribution in [2.75, 3.05) is 20.2 Å². The Bertz CT molecular complexity index is 344. The largest absolute Gasteiger partial charge is 0.481 e. The van der Waals surface area contributed by atoms with E-state index in [-0.39, 0.29) is 12.3 Å². The zero-order valence-electron chi connectivity index (χ0n) is 22.3. The lowest BCUT2D eigenvalue weighted by atomic mass is 10.1. The first kappa shape index (κ1) is 37.2. The summed E-state index contributed by atoms with van der Waals surface area (Å²) in [6.07, 6.45) is 15.7. The molecule has 1 aliphatic rings. The molecule has 31 heavy (non-hydrogen) atoms. The fourth-order valence-corrected chi connectivity index (χ4v) is 3.09. The quantitative estimate of drug-likeness (QED) is 0.290. The van der Waals surface area contributed by atoms with Crippen LogP contribution in [0.2, 0.25) is 0 Å². The van der Waals surface area contributed by atoms with E-state index in [4.69, 9.17) is 10.2 Å². The van der Waals surface area contributed by atoms with Gasteiger partial charge in [-0.1, -0.05) is 119 Å². The smallest absolute Gasteiger partial charge is 0.308 e. The molecule has 190 valence electrons. The molecule has 0 radical (unpaired) electrons. The minimum absolute atomic E-state index is 0.00958. The fourth-order valence-electron chi connectivity index (χ4n) is 3.09. The van der Waals surface area contributed by atoms with Gasteiger partial charge in [0.2, 0.25) is 5.91 Å². The number of carbonyl (C=O) groups is 2. The van der Waals surface area contributed by atoms with Gasteiger partial charge in [-0.2, -0.15) is 0 Å². The number of carbonyl (C=O) groups excluding carboxylic acids is 1. The maximum absolute atomic E-state index is 11.6. The molecule has 0 saturated carbocycles. The second kappa shape index (κ2) is 33.5. The number of nitrogens with zero attached hydrogens (tertiary/aromatic N) is 1. The normalized spacial score (nSPS) is 14.0. The van der Waals surface area contributed by atoms with Crippen LogP contribution in [0, 0.1) is 5.92 Å². The molecular formula is C26H57NO4. The summed E-state index contributed by atoms with van der Waals surface area (Å²) in [6.45, 7) is 15.8. The Kier molecular flexibility index (Phi) is 40.3. The highest BCUT2D eigenvalue weighted by molar-refractivity contribution is 5.86. The minimum Gasteiger partial charge on any atom is -0.481 e. The number of likely N-dealkylation sites (tertiary alicyclic amines) is 1. The standard InChI is InChI=1S/C15H27NO3.C6H14.2C2H6.CH4O/c1-2-3-4-5-6-7-8-9-10-16-12-13(15(18)19)11-14(16)17;1-3-5-6-4-2;3*1-2/h13H,2-12H2,1H3,(H,18,19);3-6H2,1-2H3;2*1-2H3;2H,1H3. The van der Waals surface area contributed by atoms with Gasteiger partial charge in [-0.05, 0) is 6.42 Å². The van der Waals surface area contributed by atoms with Gasteiger partial charge < -0.3 is 15.1 Å². The van der Waals surface area contributed by atoms with Crippen molar-refractivity contribution < 1.29 is 19.8 Å². The molecule has 5 heteroatoms. The van der Waals surface area contributed by atoms with Crippen LogP contribution in [-0.4, -0.2) is 47.2 Å². The first-order valence-corrected chi connectivity index (χ1v) is 13.0. The van der Waals surface area contributed by atoms with Gasteiger partial charge in [-0.25, -0.2) is 0 Å². The molecule has 1 amide bonds. The lowest BCUT2D eigenvalue weighted by Gasteiger charge is -2.15. The number of carboxylic acids is 1. The third-order valence-electron chi connectivity index (χ3n) is 4.80. The SMILES string of the molecule is CC.CC.CCCCCC.CCCCCCCCCCN1CC(C(=O)O)CC1=O.CO. The third-order valence-corrected chi connectivity index (χ3v) is 4.80. The molecule has 0 aromatic rings. The highest BCUT2D eigenvalue weighted by atomic mass is 16.4. The second-order valence-electron chi connectivity index (χ2n) is 7.26. The van der Waals surface area contributed by atoms with Crippen LogP contribution in [0.25, 0.3) is 0 Å². The van der Waals surface area contributed by atoms with Gasteiger partial charge in [0.1, 0.15) is 0 Å². The predicted octanol–water partition coefficient (Wildman–Crippen LogP) is 7.31. The molecule has 2 N–H and O–H groups in total. The van der Waals surface area contributed by atoms with Gasteiger partial charge in [0, 0.05) is 26.6 Å². The van der Waals surface area contributed by atoms with Crippen molar-refractivity contribution in [3.05, 3.63) is 0 Å². The number of hydrogen-bond acceptors (Lipinski definition) is 3. The Balaban J connectivity index is -0.000000255. The van der Waals surface area contributed by atoms with E-state index in [0.29, 0.717) is 6.54 Å². The molecule has 0 aromatic heterocycles. The molecular weight excluding hydrogens is 390 g/mol. The average Bonchev–Trinajstić information content (AvgIpc) is 3.19. The lowest BCUT2D eigenvalue weighted by Crippen LogP contribution is -2.27. The summed E-state index contributed by atoms with van der Waals surface area (Å²) in [7, 11) is 1.00. The summed E-state index contributed by atoms with van der Waals surface area (Å²) in [5, 5.41) is 15.9. The first-order valence-electron chi connectivity index (χ1n) is 13.0. The molecule has 1 rings (SSSR count). The van der Waals surface area contributed by atoms with E-state index < -0.39 is 11.9 Å². The van der Waals surface area contributed by atoms with E-state index in [1.54, 1.807) is 4.90 Å². The number of amides is 1. The van der Waals surface area contributed by atoms with Crippen molar-refractivity contribution in [2.24, 2.45) is 5.92 Å². The monoisotopic (exact) mass is 447 g/mol. The Labute approximate surface area is 195 Å². The molecule has 1 saturated heterocycles. The molecule has 1 fully saturated rings. The second-order valence-corrected chi connectivity index (χ2v) is 7.26. The highest BCUT2D eigenvalue weighted by Crippen LogP contribution is 2.18. The summed E-state index contributed by atoms with van der Waals surface area (Å²) >= 11 is 0. The van der Waals surface area contributed by atoms with E-state index >= 15 is 0 Å². The van der Waals surface area contributed by atoms with Crippen molar-refractivity contribution in [1.82, 2.24) is 4.90 Å². The summed E-state index contributed by atoms with van der Waals surface area (Å²) in [6, 6.07) is 0. The van der Waals surface area contributed by atoms with Crippen LogP contribution in [0.1, 0.15) is 132 Å². The predicted molar refractivity (Wildman–Crippen MR) is 136 cm³/mol. The van der Waals surface area contributed by atoms with Crippen molar-refractivity contribution in [3.63, 3.8) is 0 Å². The zero-order chi connectivity index (χ0) is 24.9. The Morgan fingerprint density at radius 1 is 0.774 bits per heavy atom. The number of carboxylic acid groups (broad SMARTS) is 1. The molecule has 0 spiro atoms. The number of aliphatic hydroxyl groups is 1. The summed E-state index contributed by atoms with van der Waals surface area (Å²) in [4.78, 5) is 24.1. The zero-order valence-corrected chi connectivity index (χ0v) is 22.3. The maximum Gasteiger partial charge on any atom is 0.308 e. The van der Waals surface area contributed by atoms with E-state index in [0.717, 1.165) is 26.5 Å². The van der Waals surface area contributed by atoms with Crippen LogP contribution < -0.4 is 0 Å². The molecule has 0 aromatic carbocycles. The third kappa shape index (κ3) is 26.9. The molecule has 0 bridgehead atoms. The van der Waals surface area contributed by atoms with Crippen LogP contribution in [0.3, 0.4) is 0 Å². The fraction of sp³-hybridized carbons (Fsp3) is 0.923. The van der Waals surface area contributed by atoms with Gasteiger partial charge in [-0.3, -0.25) is 9.59 Å². The topological polar surface area (TPSA) is 77.8 Å². The van der Waals surface area contributed by atoms with Crippen molar-refractivity contribution in [3.8, 4) is 0 Å². The van der Waals surface area contributed by atoms with E-state index in [1.165, 1.54) is 64.2 Å².